The molecule has 3 heteroatoms. The van der Waals surface area contributed by atoms with Gasteiger partial charge in [0.05, 0.1) is 5.92 Å². The summed E-state index contributed by atoms with van der Waals surface area (Å²) in [5.74, 6) is 0.227. The van der Waals surface area contributed by atoms with E-state index < -0.39 is 0 Å². The third-order valence-corrected chi connectivity index (χ3v) is 10.8. The zero-order valence-electron chi connectivity index (χ0n) is 33.6. The second kappa shape index (κ2) is 35.1. The first-order valence-electron chi connectivity index (χ1n) is 21.9. The normalized spacial score (nSPS) is 17.7. The Morgan fingerprint density at radius 1 is 0.531 bits per heavy atom. The minimum absolute atomic E-state index is 0.106. The molecule has 1 saturated carbocycles. The summed E-state index contributed by atoms with van der Waals surface area (Å²) in [4.78, 5) is 15.5. The Bertz CT molecular complexity index is 791. The van der Waals surface area contributed by atoms with Crippen LogP contribution in [0.1, 0.15) is 219 Å². The number of hydrogen-bond acceptors (Lipinski definition) is 3. The zero-order valence-corrected chi connectivity index (χ0v) is 33.6. The minimum atomic E-state index is 0.106. The number of allylic oxidation sites excluding steroid dienone is 6. The summed E-state index contributed by atoms with van der Waals surface area (Å²) in [5, 5.41) is 0. The van der Waals surface area contributed by atoms with Crippen molar-refractivity contribution < 1.29 is 9.53 Å². The summed E-state index contributed by atoms with van der Waals surface area (Å²) < 4.78 is 6.26. The molecule has 0 aromatic carbocycles. The summed E-state index contributed by atoms with van der Waals surface area (Å²) in [6, 6.07) is 0.625. The molecule has 1 aliphatic carbocycles. The first-order valence-corrected chi connectivity index (χ1v) is 21.9. The molecule has 0 spiro atoms. The molecule has 1 aliphatic rings. The smallest absolute Gasteiger partial charge is 0.309 e. The van der Waals surface area contributed by atoms with Crippen molar-refractivity contribution in [2.45, 2.75) is 231 Å². The van der Waals surface area contributed by atoms with Crippen LogP contribution < -0.4 is 0 Å². The highest BCUT2D eigenvalue weighted by atomic mass is 16.5. The van der Waals surface area contributed by atoms with Crippen LogP contribution in [-0.4, -0.2) is 37.1 Å². The van der Waals surface area contributed by atoms with Gasteiger partial charge < -0.3 is 9.64 Å². The molecule has 0 aliphatic heterocycles. The number of esters is 1. The third kappa shape index (κ3) is 29.0. The van der Waals surface area contributed by atoms with Crippen LogP contribution >= 0.6 is 0 Å². The van der Waals surface area contributed by atoms with Crippen molar-refractivity contribution in [3.63, 3.8) is 0 Å². The van der Waals surface area contributed by atoms with Crippen LogP contribution in [0.25, 0.3) is 0 Å². The van der Waals surface area contributed by atoms with E-state index in [4.69, 9.17) is 4.74 Å². The summed E-state index contributed by atoms with van der Waals surface area (Å²) in [6.07, 6.45) is 54.7. The highest BCUT2D eigenvalue weighted by molar-refractivity contribution is 5.72. The Hall–Kier alpha value is -1.35. The lowest BCUT2D eigenvalue weighted by atomic mass is 9.85. The Labute approximate surface area is 307 Å². The quantitative estimate of drug-likeness (QED) is 0.0384. The predicted octanol–water partition coefficient (Wildman–Crippen LogP) is 14.6. The van der Waals surface area contributed by atoms with E-state index in [1.807, 2.05) is 0 Å². The number of unbranched alkanes of at least 4 members (excludes halogenated alkanes) is 21. The average molecular weight is 684 g/mol. The first kappa shape index (κ1) is 45.7. The fourth-order valence-corrected chi connectivity index (χ4v) is 7.33. The van der Waals surface area contributed by atoms with E-state index in [1.165, 1.54) is 161 Å². The van der Waals surface area contributed by atoms with Crippen LogP contribution in [0.15, 0.2) is 36.5 Å². The molecule has 49 heavy (non-hydrogen) atoms. The Kier molecular flexibility index (Phi) is 32.7. The maximum absolute atomic E-state index is 13.2. The topological polar surface area (TPSA) is 29.5 Å². The number of carbonyl (C=O) groups excluding carboxylic acids is 1. The van der Waals surface area contributed by atoms with E-state index in [0.717, 1.165) is 44.9 Å². The van der Waals surface area contributed by atoms with Crippen molar-refractivity contribution in [3.05, 3.63) is 36.5 Å². The van der Waals surface area contributed by atoms with Crippen LogP contribution in [0.2, 0.25) is 0 Å². The number of hydrogen-bond donors (Lipinski definition) is 0. The Balaban J connectivity index is 2.20. The van der Waals surface area contributed by atoms with E-state index >= 15 is 0 Å². The summed E-state index contributed by atoms with van der Waals surface area (Å²) in [7, 11) is 4.34. The van der Waals surface area contributed by atoms with Crippen LogP contribution in [0.5, 0.6) is 0 Å². The van der Waals surface area contributed by atoms with E-state index in [2.05, 4.69) is 69.3 Å². The number of ether oxygens (including phenoxy) is 1. The standard InChI is InChI=1S/C46H85NO2/c1-5-7-9-11-13-15-17-19-21-23-25-27-29-31-33-35-37-45(49-46(48)43-39-41-44(42-40-43)47(3)4)38-36-34-32-30-28-26-24-22-20-18-16-14-12-10-8-6-2/h13-16,19,21,43-45H,5-12,17-18,20,22-42H2,1-4H3. The minimum Gasteiger partial charge on any atom is -0.462 e. The second-order valence-corrected chi connectivity index (χ2v) is 15.6. The average Bonchev–Trinajstić information content (AvgIpc) is 3.11. The molecule has 1 rings (SSSR count). The highest BCUT2D eigenvalue weighted by Gasteiger charge is 2.29. The van der Waals surface area contributed by atoms with Gasteiger partial charge in [0.2, 0.25) is 0 Å². The van der Waals surface area contributed by atoms with Gasteiger partial charge in [-0.15, -0.1) is 0 Å². The molecule has 3 nitrogen and oxygen atoms in total. The largest absolute Gasteiger partial charge is 0.462 e. The van der Waals surface area contributed by atoms with Gasteiger partial charge in [0.25, 0.3) is 0 Å². The van der Waals surface area contributed by atoms with Crippen LogP contribution in [0.4, 0.5) is 0 Å². The molecule has 0 heterocycles. The molecular formula is C46H85NO2. The molecule has 0 bridgehead atoms. The summed E-state index contributed by atoms with van der Waals surface area (Å²) in [5.41, 5.74) is 0. The van der Waals surface area contributed by atoms with Gasteiger partial charge in [-0.25, -0.2) is 0 Å². The fourth-order valence-electron chi connectivity index (χ4n) is 7.33. The number of nitrogens with zero attached hydrogens (tertiary/aromatic N) is 1. The summed E-state index contributed by atoms with van der Waals surface area (Å²) >= 11 is 0. The van der Waals surface area contributed by atoms with Gasteiger partial charge in [0, 0.05) is 6.04 Å². The molecule has 1 atom stereocenters. The summed E-state index contributed by atoms with van der Waals surface area (Å²) in [6.45, 7) is 4.54. The van der Waals surface area contributed by atoms with Gasteiger partial charge >= 0.3 is 5.97 Å². The van der Waals surface area contributed by atoms with Crippen molar-refractivity contribution in [2.24, 2.45) is 5.92 Å². The molecular weight excluding hydrogens is 599 g/mol. The lowest BCUT2D eigenvalue weighted by Gasteiger charge is -2.32. The van der Waals surface area contributed by atoms with E-state index in [9.17, 15) is 4.79 Å². The predicted molar refractivity (Wildman–Crippen MR) is 217 cm³/mol. The van der Waals surface area contributed by atoms with Gasteiger partial charge in [-0.1, -0.05) is 147 Å². The molecule has 0 N–H and O–H groups in total. The van der Waals surface area contributed by atoms with Gasteiger partial charge in [-0.3, -0.25) is 4.79 Å². The third-order valence-electron chi connectivity index (χ3n) is 10.8. The number of carbonyl (C=O) groups is 1. The first-order chi connectivity index (χ1) is 24.1. The molecule has 0 saturated heterocycles. The van der Waals surface area contributed by atoms with E-state index in [-0.39, 0.29) is 18.0 Å². The van der Waals surface area contributed by atoms with Gasteiger partial charge in [0.1, 0.15) is 6.10 Å². The van der Waals surface area contributed by atoms with Crippen LogP contribution in [-0.2, 0) is 9.53 Å². The molecule has 0 radical (unpaired) electrons. The maximum Gasteiger partial charge on any atom is 0.309 e. The molecule has 1 fully saturated rings. The molecule has 286 valence electrons. The zero-order chi connectivity index (χ0) is 35.5. The lowest BCUT2D eigenvalue weighted by Crippen LogP contribution is -2.35. The van der Waals surface area contributed by atoms with Crippen molar-refractivity contribution in [1.29, 1.82) is 0 Å². The van der Waals surface area contributed by atoms with Crippen molar-refractivity contribution in [1.82, 2.24) is 4.90 Å². The van der Waals surface area contributed by atoms with E-state index in [1.54, 1.807) is 0 Å². The molecule has 0 amide bonds. The molecule has 0 aromatic rings. The van der Waals surface area contributed by atoms with Gasteiger partial charge in [-0.2, -0.15) is 0 Å². The van der Waals surface area contributed by atoms with Gasteiger partial charge in [0.15, 0.2) is 0 Å². The molecule has 0 aromatic heterocycles. The molecule has 1 unspecified atom stereocenters. The second-order valence-electron chi connectivity index (χ2n) is 15.6. The van der Waals surface area contributed by atoms with Gasteiger partial charge in [-0.05, 0) is 123 Å². The fraction of sp³-hybridized carbons (Fsp3) is 0.848. The van der Waals surface area contributed by atoms with Crippen molar-refractivity contribution in [3.8, 4) is 0 Å². The van der Waals surface area contributed by atoms with Crippen LogP contribution in [0.3, 0.4) is 0 Å². The van der Waals surface area contributed by atoms with Crippen molar-refractivity contribution in [2.75, 3.05) is 14.1 Å². The SMILES string of the molecule is CCCCCC=CCC=CCCCCCCCCC(CCCCCCCCCCCC=CCCCCC)OC(=O)C1CCC(N(C)C)CC1. The van der Waals surface area contributed by atoms with E-state index in [0.29, 0.717) is 6.04 Å². The maximum atomic E-state index is 13.2. The Morgan fingerprint density at radius 2 is 0.898 bits per heavy atom. The monoisotopic (exact) mass is 684 g/mol. The number of rotatable bonds is 34. The Morgan fingerprint density at radius 3 is 1.31 bits per heavy atom. The highest BCUT2D eigenvalue weighted by Crippen LogP contribution is 2.29. The van der Waals surface area contributed by atoms with Crippen molar-refractivity contribution >= 4 is 5.97 Å². The lowest BCUT2D eigenvalue weighted by molar-refractivity contribution is -0.156. The van der Waals surface area contributed by atoms with Crippen LogP contribution in [0, 0.1) is 5.92 Å².